The minimum atomic E-state index is -0.135. The number of carbonyl (C=O) groups excluding carboxylic acids is 1. The van der Waals surface area contributed by atoms with Crippen LogP contribution in [0.15, 0.2) is 91.3 Å². The summed E-state index contributed by atoms with van der Waals surface area (Å²) in [5, 5.41) is 5.35. The summed E-state index contributed by atoms with van der Waals surface area (Å²) in [5.41, 5.74) is 4.48. The van der Waals surface area contributed by atoms with E-state index in [1.807, 2.05) is 73.9 Å². The Morgan fingerprint density at radius 2 is 1.62 bits per heavy atom. The second kappa shape index (κ2) is 8.70. The van der Waals surface area contributed by atoms with Gasteiger partial charge in [0.15, 0.2) is 0 Å². The van der Waals surface area contributed by atoms with Gasteiger partial charge in [0, 0.05) is 24.3 Å². The monoisotopic (exact) mass is 380 g/mol. The summed E-state index contributed by atoms with van der Waals surface area (Å²) < 4.78 is 0. The summed E-state index contributed by atoms with van der Waals surface area (Å²) >= 11 is 0. The predicted octanol–water partition coefficient (Wildman–Crippen LogP) is 5.71. The van der Waals surface area contributed by atoms with E-state index in [-0.39, 0.29) is 11.8 Å². The van der Waals surface area contributed by atoms with E-state index >= 15 is 0 Å². The molecular formula is C26H24N2O. The third kappa shape index (κ3) is 4.04. The van der Waals surface area contributed by atoms with Crippen LogP contribution in [0.1, 0.15) is 30.4 Å². The van der Waals surface area contributed by atoms with Crippen LogP contribution in [0, 0.1) is 0 Å². The van der Waals surface area contributed by atoms with Gasteiger partial charge in [0.1, 0.15) is 0 Å². The minimum absolute atomic E-state index is 0.0582. The molecule has 144 valence electrons. The molecular weight excluding hydrogens is 356 g/mol. The SMILES string of the molecule is CC[C@@H](C(=O)NCc1ccc(-c2ccccc2)c2ccncc12)c1ccccc1. The zero-order valence-electron chi connectivity index (χ0n) is 16.5. The quantitative estimate of drug-likeness (QED) is 0.465. The highest BCUT2D eigenvalue weighted by atomic mass is 16.1. The fourth-order valence-electron chi connectivity index (χ4n) is 3.84. The summed E-state index contributed by atoms with van der Waals surface area (Å²) in [7, 11) is 0. The van der Waals surface area contributed by atoms with E-state index in [1.54, 1.807) is 0 Å². The first kappa shape index (κ1) is 18.9. The second-order valence-electron chi connectivity index (χ2n) is 7.15. The lowest BCUT2D eigenvalue weighted by Gasteiger charge is -2.17. The molecule has 0 spiro atoms. The lowest BCUT2D eigenvalue weighted by Crippen LogP contribution is -2.28. The van der Waals surface area contributed by atoms with Crippen LogP contribution in [0.3, 0.4) is 0 Å². The van der Waals surface area contributed by atoms with Gasteiger partial charge in [-0.25, -0.2) is 0 Å². The number of rotatable bonds is 6. The highest BCUT2D eigenvalue weighted by Gasteiger charge is 2.18. The third-order valence-electron chi connectivity index (χ3n) is 5.37. The van der Waals surface area contributed by atoms with Gasteiger partial charge in [-0.05, 0) is 40.1 Å². The molecule has 0 aliphatic rings. The molecule has 0 fully saturated rings. The molecule has 4 aromatic rings. The van der Waals surface area contributed by atoms with E-state index in [1.165, 1.54) is 11.1 Å². The minimum Gasteiger partial charge on any atom is -0.351 e. The van der Waals surface area contributed by atoms with E-state index < -0.39 is 0 Å². The second-order valence-corrected chi connectivity index (χ2v) is 7.15. The van der Waals surface area contributed by atoms with Crippen LogP contribution < -0.4 is 5.32 Å². The number of aromatic nitrogens is 1. The maximum Gasteiger partial charge on any atom is 0.227 e. The van der Waals surface area contributed by atoms with Crippen molar-refractivity contribution in [3.05, 3.63) is 102 Å². The molecule has 0 unspecified atom stereocenters. The topological polar surface area (TPSA) is 42.0 Å². The number of fused-ring (bicyclic) bond motifs is 1. The highest BCUT2D eigenvalue weighted by Crippen LogP contribution is 2.30. The molecule has 1 aromatic heterocycles. The standard InChI is InChI=1S/C26H24N2O/c1-2-22(19-9-5-3-6-10-19)26(29)28-17-21-13-14-23(20-11-7-4-8-12-20)24-15-16-27-18-25(21)24/h3-16,18,22H,2,17H2,1H3,(H,28,29)/t22-/m1/s1. The van der Waals surface area contributed by atoms with Gasteiger partial charge in [0.25, 0.3) is 0 Å². The lowest BCUT2D eigenvalue weighted by atomic mass is 9.94. The van der Waals surface area contributed by atoms with Crippen molar-refractivity contribution in [2.24, 2.45) is 0 Å². The van der Waals surface area contributed by atoms with Crippen LogP contribution in [-0.4, -0.2) is 10.9 Å². The van der Waals surface area contributed by atoms with E-state index in [2.05, 4.69) is 34.6 Å². The Bertz CT molecular complexity index is 1110. The van der Waals surface area contributed by atoms with Crippen LogP contribution >= 0.6 is 0 Å². The molecule has 0 bridgehead atoms. The Kier molecular flexibility index (Phi) is 5.66. The fraction of sp³-hybridized carbons (Fsp3) is 0.154. The van der Waals surface area contributed by atoms with Crippen LogP contribution in [0.25, 0.3) is 21.9 Å². The largest absolute Gasteiger partial charge is 0.351 e. The normalized spacial score (nSPS) is 11.9. The number of nitrogens with one attached hydrogen (secondary N) is 1. The molecule has 0 radical (unpaired) electrons. The number of benzene rings is 3. The number of hydrogen-bond acceptors (Lipinski definition) is 2. The van der Waals surface area contributed by atoms with Gasteiger partial charge in [-0.15, -0.1) is 0 Å². The molecule has 0 aliphatic carbocycles. The summed E-state index contributed by atoms with van der Waals surface area (Å²) in [6, 6.07) is 26.6. The summed E-state index contributed by atoms with van der Waals surface area (Å²) in [6.07, 6.45) is 4.47. The number of hydrogen-bond donors (Lipinski definition) is 1. The Morgan fingerprint density at radius 1 is 0.897 bits per heavy atom. The molecule has 4 rings (SSSR count). The molecule has 0 aliphatic heterocycles. The molecule has 3 aromatic carbocycles. The number of carbonyl (C=O) groups is 1. The smallest absolute Gasteiger partial charge is 0.227 e. The van der Waals surface area contributed by atoms with Gasteiger partial charge in [-0.1, -0.05) is 79.7 Å². The summed E-state index contributed by atoms with van der Waals surface area (Å²) in [4.78, 5) is 17.2. The van der Waals surface area contributed by atoms with Crippen molar-refractivity contribution in [2.45, 2.75) is 25.8 Å². The Hall–Kier alpha value is -3.46. The number of nitrogens with zero attached hydrogens (tertiary/aromatic N) is 1. The first-order valence-corrected chi connectivity index (χ1v) is 10.0. The average Bonchev–Trinajstić information content (AvgIpc) is 2.79. The zero-order chi connectivity index (χ0) is 20.1. The third-order valence-corrected chi connectivity index (χ3v) is 5.37. The van der Waals surface area contributed by atoms with Crippen molar-refractivity contribution in [3.8, 4) is 11.1 Å². The van der Waals surface area contributed by atoms with E-state index in [4.69, 9.17) is 0 Å². The zero-order valence-corrected chi connectivity index (χ0v) is 16.5. The van der Waals surface area contributed by atoms with Crippen molar-refractivity contribution in [1.82, 2.24) is 10.3 Å². The number of amides is 1. The van der Waals surface area contributed by atoms with E-state index in [0.717, 1.165) is 28.3 Å². The summed E-state index contributed by atoms with van der Waals surface area (Å²) in [5.74, 6) is -0.0768. The Labute approximate surface area is 171 Å². The molecule has 3 heteroatoms. The van der Waals surface area contributed by atoms with Crippen LogP contribution in [-0.2, 0) is 11.3 Å². The molecule has 1 amide bonds. The molecule has 3 nitrogen and oxygen atoms in total. The van der Waals surface area contributed by atoms with Crippen molar-refractivity contribution in [2.75, 3.05) is 0 Å². The van der Waals surface area contributed by atoms with Crippen LogP contribution in [0.5, 0.6) is 0 Å². The van der Waals surface area contributed by atoms with E-state index in [9.17, 15) is 4.79 Å². The van der Waals surface area contributed by atoms with Gasteiger partial charge in [-0.2, -0.15) is 0 Å². The molecule has 1 atom stereocenters. The lowest BCUT2D eigenvalue weighted by molar-refractivity contribution is -0.122. The maximum atomic E-state index is 12.8. The Balaban J connectivity index is 1.60. The van der Waals surface area contributed by atoms with Gasteiger partial charge < -0.3 is 5.32 Å². The van der Waals surface area contributed by atoms with Crippen LogP contribution in [0.2, 0.25) is 0 Å². The van der Waals surface area contributed by atoms with Crippen molar-refractivity contribution in [3.63, 3.8) is 0 Å². The van der Waals surface area contributed by atoms with Crippen molar-refractivity contribution in [1.29, 1.82) is 0 Å². The summed E-state index contributed by atoms with van der Waals surface area (Å²) in [6.45, 7) is 2.53. The molecule has 1 N–H and O–H groups in total. The molecule has 1 heterocycles. The molecule has 0 saturated carbocycles. The van der Waals surface area contributed by atoms with E-state index in [0.29, 0.717) is 6.54 Å². The predicted molar refractivity (Wildman–Crippen MR) is 118 cm³/mol. The Morgan fingerprint density at radius 3 is 2.34 bits per heavy atom. The van der Waals surface area contributed by atoms with Crippen molar-refractivity contribution < 1.29 is 4.79 Å². The van der Waals surface area contributed by atoms with Gasteiger partial charge in [0.2, 0.25) is 5.91 Å². The van der Waals surface area contributed by atoms with Gasteiger partial charge in [-0.3, -0.25) is 9.78 Å². The molecule has 29 heavy (non-hydrogen) atoms. The maximum absolute atomic E-state index is 12.8. The number of pyridine rings is 1. The van der Waals surface area contributed by atoms with Gasteiger partial charge in [0.05, 0.1) is 5.92 Å². The first-order chi connectivity index (χ1) is 14.3. The van der Waals surface area contributed by atoms with Gasteiger partial charge >= 0.3 is 0 Å². The average molecular weight is 380 g/mol. The fourth-order valence-corrected chi connectivity index (χ4v) is 3.84. The van der Waals surface area contributed by atoms with Crippen LogP contribution in [0.4, 0.5) is 0 Å². The highest BCUT2D eigenvalue weighted by molar-refractivity contribution is 5.98. The van der Waals surface area contributed by atoms with Crippen molar-refractivity contribution >= 4 is 16.7 Å². The first-order valence-electron chi connectivity index (χ1n) is 10.0. The molecule has 0 saturated heterocycles.